The Labute approximate surface area is 213 Å². The van der Waals surface area contributed by atoms with Crippen molar-refractivity contribution >= 4 is 5.97 Å². The first-order valence-electron chi connectivity index (χ1n) is 14.6. The number of ether oxygens (including phenoxy) is 1. The minimum Gasteiger partial charge on any atom is -0.466 e. The predicted molar refractivity (Wildman–Crippen MR) is 151 cm³/mol. The van der Waals surface area contributed by atoms with Crippen molar-refractivity contribution < 1.29 is 9.53 Å². The van der Waals surface area contributed by atoms with Crippen LogP contribution in [0.4, 0.5) is 0 Å². The molecule has 0 amide bonds. The Balaban J connectivity index is 3.28. The molecule has 2 heteroatoms. The number of esters is 1. The van der Waals surface area contributed by atoms with Crippen molar-refractivity contribution in [1.82, 2.24) is 0 Å². The summed E-state index contributed by atoms with van der Waals surface area (Å²) in [5, 5.41) is 0. The molecule has 0 aliphatic carbocycles. The van der Waals surface area contributed by atoms with Crippen LogP contribution >= 0.6 is 0 Å². The molecule has 0 saturated heterocycles. The van der Waals surface area contributed by atoms with Gasteiger partial charge in [0.15, 0.2) is 0 Å². The Morgan fingerprint density at radius 1 is 0.529 bits per heavy atom. The number of allylic oxidation sites excluding steroid dienone is 8. The van der Waals surface area contributed by atoms with Gasteiger partial charge in [-0.3, -0.25) is 4.79 Å². The standard InChI is InChI=1S/C32H56O2/c1-3-5-7-9-11-13-15-16-17-18-19-21-23-25-27-29-31-34-32(33)30-28-26-24-22-20-14-12-10-8-6-4-2/h5,7,10-13,16-17H,3-4,6,8-9,14-15,18-31H2,1-2H3/b7-5-,12-10-,13-11-,17-16-. The first-order valence-corrected chi connectivity index (χ1v) is 14.6. The van der Waals surface area contributed by atoms with Crippen molar-refractivity contribution in [1.29, 1.82) is 0 Å². The third-order valence-corrected chi connectivity index (χ3v) is 5.95. The fourth-order valence-corrected chi connectivity index (χ4v) is 3.78. The van der Waals surface area contributed by atoms with E-state index in [9.17, 15) is 4.79 Å². The Morgan fingerprint density at radius 2 is 1.00 bits per heavy atom. The van der Waals surface area contributed by atoms with E-state index in [0.29, 0.717) is 13.0 Å². The van der Waals surface area contributed by atoms with Gasteiger partial charge in [-0.2, -0.15) is 0 Å². The average Bonchev–Trinajstić information content (AvgIpc) is 2.84. The van der Waals surface area contributed by atoms with Crippen molar-refractivity contribution in [3.05, 3.63) is 48.6 Å². The van der Waals surface area contributed by atoms with Crippen LogP contribution in [0.2, 0.25) is 0 Å². The zero-order valence-electron chi connectivity index (χ0n) is 22.8. The predicted octanol–water partition coefficient (Wildman–Crippen LogP) is 10.6. The summed E-state index contributed by atoms with van der Waals surface area (Å²) < 4.78 is 5.39. The second kappa shape index (κ2) is 29.5. The van der Waals surface area contributed by atoms with E-state index >= 15 is 0 Å². The van der Waals surface area contributed by atoms with Crippen LogP contribution in [-0.2, 0) is 9.53 Å². The Hall–Kier alpha value is -1.57. The number of hydrogen-bond acceptors (Lipinski definition) is 2. The third kappa shape index (κ3) is 28.5. The minimum absolute atomic E-state index is 0.00193. The van der Waals surface area contributed by atoms with Gasteiger partial charge in [0.2, 0.25) is 0 Å². The highest BCUT2D eigenvalue weighted by atomic mass is 16.5. The molecule has 196 valence electrons. The van der Waals surface area contributed by atoms with Gasteiger partial charge >= 0.3 is 5.97 Å². The summed E-state index contributed by atoms with van der Waals surface area (Å²) in [6.45, 7) is 5.01. The second-order valence-electron chi connectivity index (χ2n) is 9.34. The maximum Gasteiger partial charge on any atom is 0.305 e. The molecule has 0 atom stereocenters. The van der Waals surface area contributed by atoms with Crippen LogP contribution in [0.25, 0.3) is 0 Å². The maximum absolute atomic E-state index is 11.8. The number of unbranched alkanes of at least 4 members (excludes halogenated alkanes) is 13. The van der Waals surface area contributed by atoms with Crippen LogP contribution in [0.1, 0.15) is 142 Å². The normalized spacial score (nSPS) is 12.2. The van der Waals surface area contributed by atoms with Gasteiger partial charge in [-0.25, -0.2) is 0 Å². The maximum atomic E-state index is 11.8. The van der Waals surface area contributed by atoms with E-state index in [1.54, 1.807) is 0 Å². The molecule has 0 N–H and O–H groups in total. The first kappa shape index (κ1) is 32.4. The van der Waals surface area contributed by atoms with E-state index in [1.807, 2.05) is 0 Å². The molecule has 0 aromatic heterocycles. The van der Waals surface area contributed by atoms with Gasteiger partial charge < -0.3 is 4.74 Å². The fourth-order valence-electron chi connectivity index (χ4n) is 3.78. The number of carbonyl (C=O) groups excluding carboxylic acids is 1. The largest absolute Gasteiger partial charge is 0.466 e. The summed E-state index contributed by atoms with van der Waals surface area (Å²) in [6, 6.07) is 0. The SMILES string of the molecule is CC/C=C\C/C=C\C/C=C\CCCCCCCCOC(=O)CCCCCCC/C=C\CCCC. The van der Waals surface area contributed by atoms with Gasteiger partial charge in [-0.1, -0.05) is 120 Å². The van der Waals surface area contributed by atoms with Crippen LogP contribution in [0, 0.1) is 0 Å². The van der Waals surface area contributed by atoms with Crippen molar-refractivity contribution in [3.8, 4) is 0 Å². The lowest BCUT2D eigenvalue weighted by atomic mass is 10.1. The summed E-state index contributed by atoms with van der Waals surface area (Å²) in [7, 11) is 0. The Kier molecular flexibility index (Phi) is 28.1. The fraction of sp³-hybridized carbons (Fsp3) is 0.719. The number of hydrogen-bond donors (Lipinski definition) is 0. The van der Waals surface area contributed by atoms with Gasteiger partial charge in [-0.15, -0.1) is 0 Å². The molecule has 0 bridgehead atoms. The van der Waals surface area contributed by atoms with E-state index in [-0.39, 0.29) is 5.97 Å². The van der Waals surface area contributed by atoms with E-state index < -0.39 is 0 Å². The summed E-state index contributed by atoms with van der Waals surface area (Å²) in [5.41, 5.74) is 0. The van der Waals surface area contributed by atoms with Gasteiger partial charge in [0, 0.05) is 6.42 Å². The monoisotopic (exact) mass is 472 g/mol. The lowest BCUT2D eigenvalue weighted by Gasteiger charge is -2.05. The lowest BCUT2D eigenvalue weighted by molar-refractivity contribution is -0.143. The second-order valence-corrected chi connectivity index (χ2v) is 9.34. The van der Waals surface area contributed by atoms with Crippen molar-refractivity contribution in [2.45, 2.75) is 142 Å². The van der Waals surface area contributed by atoms with Crippen LogP contribution in [0.15, 0.2) is 48.6 Å². The van der Waals surface area contributed by atoms with E-state index in [4.69, 9.17) is 4.74 Å². The molecular formula is C32H56O2. The van der Waals surface area contributed by atoms with E-state index in [2.05, 4.69) is 62.5 Å². The van der Waals surface area contributed by atoms with Crippen LogP contribution < -0.4 is 0 Å². The zero-order chi connectivity index (χ0) is 24.8. The third-order valence-electron chi connectivity index (χ3n) is 5.95. The quantitative estimate of drug-likeness (QED) is 0.0750. The molecule has 2 nitrogen and oxygen atoms in total. The molecular weight excluding hydrogens is 416 g/mol. The summed E-state index contributed by atoms with van der Waals surface area (Å²) in [4.78, 5) is 11.8. The van der Waals surface area contributed by atoms with Gasteiger partial charge in [0.25, 0.3) is 0 Å². The number of rotatable bonds is 25. The molecule has 34 heavy (non-hydrogen) atoms. The molecule has 0 aromatic carbocycles. The smallest absolute Gasteiger partial charge is 0.305 e. The summed E-state index contributed by atoms with van der Waals surface area (Å²) in [6.07, 6.45) is 41.5. The molecule has 0 aliphatic rings. The molecule has 0 radical (unpaired) electrons. The highest BCUT2D eigenvalue weighted by molar-refractivity contribution is 5.69. The van der Waals surface area contributed by atoms with E-state index in [1.165, 1.54) is 83.5 Å². The zero-order valence-corrected chi connectivity index (χ0v) is 22.8. The summed E-state index contributed by atoms with van der Waals surface area (Å²) >= 11 is 0. The van der Waals surface area contributed by atoms with Crippen LogP contribution in [0.5, 0.6) is 0 Å². The first-order chi connectivity index (χ1) is 16.8. The van der Waals surface area contributed by atoms with Crippen LogP contribution in [0.3, 0.4) is 0 Å². The van der Waals surface area contributed by atoms with Gasteiger partial charge in [0.05, 0.1) is 6.61 Å². The molecule has 0 spiro atoms. The highest BCUT2D eigenvalue weighted by Crippen LogP contribution is 2.10. The average molecular weight is 473 g/mol. The lowest BCUT2D eigenvalue weighted by Crippen LogP contribution is -2.05. The Morgan fingerprint density at radius 3 is 1.62 bits per heavy atom. The van der Waals surface area contributed by atoms with Gasteiger partial charge in [-0.05, 0) is 64.2 Å². The Bertz CT molecular complexity index is 527. The van der Waals surface area contributed by atoms with Crippen molar-refractivity contribution in [3.63, 3.8) is 0 Å². The van der Waals surface area contributed by atoms with E-state index in [0.717, 1.165) is 38.5 Å². The molecule has 0 aliphatic heterocycles. The summed E-state index contributed by atoms with van der Waals surface area (Å²) in [5.74, 6) is -0.00193. The topological polar surface area (TPSA) is 26.3 Å². The molecule has 0 unspecified atom stereocenters. The molecule has 0 fully saturated rings. The minimum atomic E-state index is -0.00193. The van der Waals surface area contributed by atoms with Gasteiger partial charge in [0.1, 0.15) is 0 Å². The molecule has 0 aromatic rings. The van der Waals surface area contributed by atoms with Crippen molar-refractivity contribution in [2.75, 3.05) is 6.61 Å². The highest BCUT2D eigenvalue weighted by Gasteiger charge is 2.02. The number of carbonyl (C=O) groups is 1. The van der Waals surface area contributed by atoms with Crippen molar-refractivity contribution in [2.24, 2.45) is 0 Å². The molecule has 0 rings (SSSR count). The molecule has 0 saturated carbocycles. The molecule has 0 heterocycles. The van der Waals surface area contributed by atoms with Crippen LogP contribution in [-0.4, -0.2) is 12.6 Å².